The first-order valence-corrected chi connectivity index (χ1v) is 6.34. The number of carboxylic acids is 1. The van der Waals surface area contributed by atoms with Crippen LogP contribution in [0.25, 0.3) is 11.0 Å². The van der Waals surface area contributed by atoms with Crippen LogP contribution in [-0.2, 0) is 17.8 Å². The number of hydrogen-bond acceptors (Lipinski definition) is 2. The Morgan fingerprint density at radius 3 is 2.67 bits per heavy atom. The van der Waals surface area contributed by atoms with E-state index in [1.165, 1.54) is 0 Å². The van der Waals surface area contributed by atoms with Gasteiger partial charge in [0.05, 0.1) is 27.5 Å². The van der Waals surface area contributed by atoms with Gasteiger partial charge < -0.3 is 9.67 Å². The van der Waals surface area contributed by atoms with Gasteiger partial charge in [-0.1, -0.05) is 30.1 Å². The van der Waals surface area contributed by atoms with Crippen LogP contribution >= 0.6 is 23.2 Å². The summed E-state index contributed by atoms with van der Waals surface area (Å²) in [4.78, 5) is 15.1. The van der Waals surface area contributed by atoms with Crippen LogP contribution < -0.4 is 0 Å². The van der Waals surface area contributed by atoms with Crippen molar-refractivity contribution in [1.29, 1.82) is 0 Å². The minimum atomic E-state index is -0.834. The molecule has 0 unspecified atom stereocenters. The highest BCUT2D eigenvalue weighted by molar-refractivity contribution is 6.42. The second-order valence-electron chi connectivity index (χ2n) is 3.93. The summed E-state index contributed by atoms with van der Waals surface area (Å²) in [7, 11) is 0. The van der Waals surface area contributed by atoms with E-state index >= 15 is 0 Å². The first kappa shape index (κ1) is 13.2. The summed E-state index contributed by atoms with van der Waals surface area (Å²) >= 11 is 11.9. The Labute approximate surface area is 114 Å². The third-order valence-electron chi connectivity index (χ3n) is 2.73. The van der Waals surface area contributed by atoms with Gasteiger partial charge in [-0.3, -0.25) is 4.79 Å². The number of aliphatic carboxylic acids is 1. The highest BCUT2D eigenvalue weighted by Crippen LogP contribution is 2.28. The maximum Gasteiger partial charge on any atom is 0.305 e. The summed E-state index contributed by atoms with van der Waals surface area (Å²) in [5.74, 6) is 0.00328. The summed E-state index contributed by atoms with van der Waals surface area (Å²) in [6.45, 7) is 2.36. The molecule has 18 heavy (non-hydrogen) atoms. The first-order valence-electron chi connectivity index (χ1n) is 5.59. The summed E-state index contributed by atoms with van der Waals surface area (Å²) in [5, 5.41) is 9.67. The molecule has 0 saturated heterocycles. The van der Waals surface area contributed by atoms with E-state index in [9.17, 15) is 4.79 Å². The number of hydrogen-bond donors (Lipinski definition) is 1. The highest BCUT2D eigenvalue weighted by Gasteiger charge is 2.12. The second-order valence-corrected chi connectivity index (χ2v) is 4.75. The fourth-order valence-corrected chi connectivity index (χ4v) is 2.21. The van der Waals surface area contributed by atoms with Gasteiger partial charge in [-0.25, -0.2) is 4.98 Å². The topological polar surface area (TPSA) is 55.1 Å². The molecule has 2 aromatic rings. The molecule has 1 heterocycles. The predicted octanol–water partition coefficient (Wildman–Crippen LogP) is 3.38. The smallest absolute Gasteiger partial charge is 0.305 e. The number of fused-ring (bicyclic) bond motifs is 1. The Hall–Kier alpha value is -1.26. The van der Waals surface area contributed by atoms with Crippen LogP contribution in [0.15, 0.2) is 12.1 Å². The predicted molar refractivity (Wildman–Crippen MR) is 71.4 cm³/mol. The van der Waals surface area contributed by atoms with E-state index in [1.807, 2.05) is 11.5 Å². The molecule has 0 aliphatic rings. The minimum Gasteiger partial charge on any atom is -0.481 e. The molecular weight excluding hydrogens is 275 g/mol. The van der Waals surface area contributed by atoms with Crippen molar-refractivity contribution in [3.05, 3.63) is 28.0 Å². The molecule has 0 bridgehead atoms. The van der Waals surface area contributed by atoms with Gasteiger partial charge in [-0.2, -0.15) is 0 Å². The maximum absolute atomic E-state index is 10.7. The van der Waals surface area contributed by atoms with E-state index in [-0.39, 0.29) is 6.42 Å². The maximum atomic E-state index is 10.7. The monoisotopic (exact) mass is 286 g/mol. The van der Waals surface area contributed by atoms with Crippen LogP contribution in [0.3, 0.4) is 0 Å². The molecule has 0 spiro atoms. The normalized spacial score (nSPS) is 11.1. The second kappa shape index (κ2) is 5.16. The Morgan fingerprint density at radius 1 is 1.39 bits per heavy atom. The molecule has 0 fully saturated rings. The number of aromatic nitrogens is 2. The van der Waals surface area contributed by atoms with Crippen LogP contribution in [-0.4, -0.2) is 20.6 Å². The van der Waals surface area contributed by atoms with Gasteiger partial charge in [0.15, 0.2) is 0 Å². The third-order valence-corrected chi connectivity index (χ3v) is 3.46. The van der Waals surface area contributed by atoms with Gasteiger partial charge in [0.1, 0.15) is 5.82 Å². The fourth-order valence-electron chi connectivity index (χ4n) is 1.90. The van der Waals surface area contributed by atoms with Crippen molar-refractivity contribution in [3.63, 3.8) is 0 Å². The van der Waals surface area contributed by atoms with E-state index < -0.39 is 5.97 Å². The molecule has 0 radical (unpaired) electrons. The van der Waals surface area contributed by atoms with Gasteiger partial charge in [0, 0.05) is 13.0 Å². The number of carboxylic acid groups (broad SMARTS) is 1. The lowest BCUT2D eigenvalue weighted by Gasteiger charge is -2.06. The average Bonchev–Trinajstić information content (AvgIpc) is 2.64. The standard InChI is InChI=1S/C12H12Cl2N2O2/c1-2-11-15-9-5-7(13)8(14)6-10(9)16(11)4-3-12(17)18/h5-6H,2-4H2,1H3,(H,17,18). The molecule has 1 aromatic carbocycles. The van der Waals surface area contributed by atoms with Gasteiger partial charge in [0.2, 0.25) is 0 Å². The summed E-state index contributed by atoms with van der Waals surface area (Å²) < 4.78 is 1.88. The lowest BCUT2D eigenvalue weighted by Crippen LogP contribution is -2.07. The molecular formula is C12H12Cl2N2O2. The lowest BCUT2D eigenvalue weighted by atomic mass is 10.3. The van der Waals surface area contributed by atoms with Crippen molar-refractivity contribution in [2.24, 2.45) is 0 Å². The van der Waals surface area contributed by atoms with Crippen LogP contribution in [0.5, 0.6) is 0 Å². The van der Waals surface area contributed by atoms with Gasteiger partial charge in [-0.15, -0.1) is 0 Å². The quantitative estimate of drug-likeness (QED) is 0.937. The zero-order chi connectivity index (χ0) is 13.3. The molecule has 1 aromatic heterocycles. The third kappa shape index (κ3) is 2.44. The number of benzene rings is 1. The molecule has 0 saturated carbocycles. The molecule has 0 aliphatic heterocycles. The number of nitrogens with zero attached hydrogens (tertiary/aromatic N) is 2. The fraction of sp³-hybridized carbons (Fsp3) is 0.333. The Morgan fingerprint density at radius 2 is 2.06 bits per heavy atom. The lowest BCUT2D eigenvalue weighted by molar-refractivity contribution is -0.137. The number of imidazole rings is 1. The largest absolute Gasteiger partial charge is 0.481 e. The average molecular weight is 287 g/mol. The number of carbonyl (C=O) groups is 1. The Bertz CT molecular complexity index is 608. The SMILES string of the molecule is CCc1nc2cc(Cl)c(Cl)cc2n1CCC(=O)O. The zero-order valence-electron chi connectivity index (χ0n) is 9.78. The summed E-state index contributed by atoms with van der Waals surface area (Å²) in [6.07, 6.45) is 0.780. The van der Waals surface area contributed by atoms with Crippen LogP contribution in [0.1, 0.15) is 19.2 Å². The summed E-state index contributed by atoms with van der Waals surface area (Å²) in [5.41, 5.74) is 1.56. The van der Waals surface area contributed by atoms with E-state index in [0.717, 1.165) is 23.3 Å². The molecule has 0 aliphatic carbocycles. The van der Waals surface area contributed by atoms with Crippen molar-refractivity contribution >= 4 is 40.2 Å². The van der Waals surface area contributed by atoms with E-state index in [1.54, 1.807) is 12.1 Å². The van der Waals surface area contributed by atoms with Gasteiger partial charge in [-0.05, 0) is 12.1 Å². The molecule has 0 atom stereocenters. The van der Waals surface area contributed by atoms with Crippen molar-refractivity contribution in [2.75, 3.05) is 0 Å². The Balaban J connectivity index is 2.53. The molecule has 4 nitrogen and oxygen atoms in total. The highest BCUT2D eigenvalue weighted by atomic mass is 35.5. The Kier molecular flexibility index (Phi) is 3.78. The molecule has 96 valence electrons. The molecule has 0 amide bonds. The van der Waals surface area contributed by atoms with E-state index in [0.29, 0.717) is 16.6 Å². The van der Waals surface area contributed by atoms with E-state index in [2.05, 4.69) is 4.98 Å². The van der Waals surface area contributed by atoms with Crippen molar-refractivity contribution in [1.82, 2.24) is 9.55 Å². The molecule has 2 rings (SSSR count). The molecule has 6 heteroatoms. The first-order chi connectivity index (χ1) is 8.52. The van der Waals surface area contributed by atoms with Crippen LogP contribution in [0.2, 0.25) is 10.0 Å². The van der Waals surface area contributed by atoms with Gasteiger partial charge in [0.25, 0.3) is 0 Å². The van der Waals surface area contributed by atoms with Crippen molar-refractivity contribution in [2.45, 2.75) is 26.3 Å². The van der Waals surface area contributed by atoms with Crippen molar-refractivity contribution < 1.29 is 9.90 Å². The van der Waals surface area contributed by atoms with Crippen LogP contribution in [0.4, 0.5) is 0 Å². The van der Waals surface area contributed by atoms with E-state index in [4.69, 9.17) is 28.3 Å². The minimum absolute atomic E-state index is 0.0543. The number of halogens is 2. The molecule has 1 N–H and O–H groups in total. The number of rotatable bonds is 4. The van der Waals surface area contributed by atoms with Crippen molar-refractivity contribution in [3.8, 4) is 0 Å². The number of aryl methyl sites for hydroxylation is 2. The van der Waals surface area contributed by atoms with Gasteiger partial charge >= 0.3 is 5.97 Å². The summed E-state index contributed by atoms with van der Waals surface area (Å²) in [6, 6.07) is 3.43. The van der Waals surface area contributed by atoms with Crippen LogP contribution in [0, 0.1) is 0 Å². The zero-order valence-corrected chi connectivity index (χ0v) is 11.3.